The number of carbonyl (C=O) groups excluding carboxylic acids is 1. The molecule has 1 N–H and O–H groups in total. The molecule has 3 aromatic rings. The lowest BCUT2D eigenvalue weighted by Gasteiger charge is -2.41. The zero-order chi connectivity index (χ0) is 33.2. The Morgan fingerprint density at radius 2 is 1.63 bits per heavy atom. The molecular formula is C34H44N4O7S. The first kappa shape index (κ1) is 35.0. The fourth-order valence-electron chi connectivity index (χ4n) is 6.04. The fourth-order valence-corrected chi connectivity index (χ4v) is 7.32. The first-order valence-corrected chi connectivity index (χ1v) is 17.1. The van der Waals surface area contributed by atoms with Crippen LogP contribution in [0.2, 0.25) is 0 Å². The second-order valence-electron chi connectivity index (χ2n) is 11.9. The van der Waals surface area contributed by atoms with E-state index >= 15 is 0 Å². The Hall–Kier alpha value is -3.84. The van der Waals surface area contributed by atoms with E-state index in [9.17, 15) is 28.4 Å². The van der Waals surface area contributed by atoms with Gasteiger partial charge in [-0.3, -0.25) is 10.1 Å². The largest absolute Gasteiger partial charge is 0.445 e. The number of carbonyl (C=O) groups is 1. The number of piperidine rings is 1. The van der Waals surface area contributed by atoms with Crippen molar-refractivity contribution in [3.05, 3.63) is 106 Å². The molecule has 11 nitrogen and oxygen atoms in total. The minimum Gasteiger partial charge on any atom is -0.445 e. The van der Waals surface area contributed by atoms with Crippen LogP contribution in [-0.2, 0) is 26.8 Å². The quantitative estimate of drug-likeness (QED) is 0.178. The topological polar surface area (TPSA) is 134 Å². The van der Waals surface area contributed by atoms with Gasteiger partial charge >= 0.3 is 6.09 Å². The Bertz CT molecular complexity index is 1520. The highest BCUT2D eigenvalue weighted by atomic mass is 32.2. The van der Waals surface area contributed by atoms with Crippen molar-refractivity contribution >= 4 is 21.8 Å². The summed E-state index contributed by atoms with van der Waals surface area (Å²) in [5.41, 5.74) is 0.731. The SMILES string of the molecule is CCCN(C(=O)OCc1ccc([N+](=O)[O-])cc1)C1CCN(CC[C@](CO)(CN(C)S(=O)(=O)c2ccccc2)c2ccccc2)CC1. The fraction of sp³-hybridized carbons (Fsp3) is 0.441. The Balaban J connectivity index is 1.38. The first-order chi connectivity index (χ1) is 22.1. The number of ether oxygens (including phenoxy) is 1. The van der Waals surface area contributed by atoms with Crippen molar-refractivity contribution in [3.63, 3.8) is 0 Å². The summed E-state index contributed by atoms with van der Waals surface area (Å²) in [6.45, 7) is 4.66. The monoisotopic (exact) mass is 652 g/mol. The zero-order valence-corrected chi connectivity index (χ0v) is 27.3. The minimum absolute atomic E-state index is 0.0134. The Kier molecular flexibility index (Phi) is 12.3. The minimum atomic E-state index is -3.76. The second-order valence-corrected chi connectivity index (χ2v) is 13.9. The van der Waals surface area contributed by atoms with Gasteiger partial charge in [-0.05, 0) is 67.6 Å². The number of nitro benzene ring substituents is 1. The van der Waals surface area contributed by atoms with Gasteiger partial charge in [0.15, 0.2) is 0 Å². The standard InChI is InChI=1S/C34H44N4O7S/c1-3-21-37(33(40)45-25-28-14-16-31(17-15-28)38(41)42)30-18-22-36(23-19-30)24-20-34(27-39,29-10-6-4-7-11-29)26-35(2)46(43,44)32-12-8-5-9-13-32/h4-17,30,39H,3,18-27H2,1-2H3/t34-/m1/s1. The maximum Gasteiger partial charge on any atom is 0.410 e. The maximum absolute atomic E-state index is 13.4. The summed E-state index contributed by atoms with van der Waals surface area (Å²) in [4.78, 5) is 27.8. The highest BCUT2D eigenvalue weighted by Gasteiger charge is 2.37. The van der Waals surface area contributed by atoms with Crippen LogP contribution in [-0.4, -0.2) is 91.1 Å². The number of amides is 1. The third-order valence-electron chi connectivity index (χ3n) is 8.78. The molecule has 1 aliphatic heterocycles. The second kappa shape index (κ2) is 16.1. The summed E-state index contributed by atoms with van der Waals surface area (Å²) in [5.74, 6) is 0. The van der Waals surface area contributed by atoms with Gasteiger partial charge in [0, 0.05) is 56.8 Å². The van der Waals surface area contributed by atoms with Crippen LogP contribution in [0.4, 0.5) is 10.5 Å². The number of aliphatic hydroxyl groups excluding tert-OH is 1. The van der Waals surface area contributed by atoms with Crippen LogP contribution in [0.3, 0.4) is 0 Å². The Morgan fingerprint density at radius 3 is 2.20 bits per heavy atom. The van der Waals surface area contributed by atoms with Gasteiger partial charge in [-0.15, -0.1) is 0 Å². The number of benzene rings is 3. The van der Waals surface area contributed by atoms with Crippen molar-refractivity contribution in [2.45, 2.75) is 55.6 Å². The van der Waals surface area contributed by atoms with Gasteiger partial charge in [0.05, 0.1) is 16.4 Å². The number of rotatable bonds is 15. The van der Waals surface area contributed by atoms with Crippen molar-refractivity contribution in [3.8, 4) is 0 Å². The zero-order valence-electron chi connectivity index (χ0n) is 26.5. The van der Waals surface area contributed by atoms with Crippen LogP contribution in [0, 0.1) is 10.1 Å². The van der Waals surface area contributed by atoms with Gasteiger partial charge in [0.25, 0.3) is 5.69 Å². The Labute approximate surface area is 271 Å². The van der Waals surface area contributed by atoms with E-state index in [4.69, 9.17) is 4.74 Å². The molecule has 1 amide bonds. The maximum atomic E-state index is 13.4. The van der Waals surface area contributed by atoms with Crippen molar-refractivity contribution < 1.29 is 28.0 Å². The normalized spacial score (nSPS) is 15.7. The van der Waals surface area contributed by atoms with Crippen LogP contribution in [0.25, 0.3) is 0 Å². The molecule has 0 unspecified atom stereocenters. The van der Waals surface area contributed by atoms with E-state index in [1.54, 1.807) is 54.4 Å². The Morgan fingerprint density at radius 1 is 1.02 bits per heavy atom. The van der Waals surface area contributed by atoms with Crippen LogP contribution >= 0.6 is 0 Å². The van der Waals surface area contributed by atoms with Crippen molar-refractivity contribution in [1.29, 1.82) is 0 Å². The molecule has 0 saturated carbocycles. The van der Waals surface area contributed by atoms with E-state index in [0.29, 0.717) is 25.1 Å². The molecule has 1 fully saturated rings. The number of aliphatic hydroxyl groups is 1. The van der Waals surface area contributed by atoms with Crippen molar-refractivity contribution in [2.24, 2.45) is 0 Å². The highest BCUT2D eigenvalue weighted by molar-refractivity contribution is 7.89. The summed E-state index contributed by atoms with van der Waals surface area (Å²) in [5, 5.41) is 21.7. The van der Waals surface area contributed by atoms with Gasteiger partial charge in [-0.25, -0.2) is 13.2 Å². The third-order valence-corrected chi connectivity index (χ3v) is 10.6. The van der Waals surface area contributed by atoms with E-state index in [0.717, 1.165) is 37.9 Å². The smallest absolute Gasteiger partial charge is 0.410 e. The number of likely N-dealkylation sites (N-methyl/N-ethyl adjacent to an activating group) is 1. The average molecular weight is 653 g/mol. The molecule has 0 radical (unpaired) electrons. The van der Waals surface area contributed by atoms with E-state index in [1.807, 2.05) is 37.3 Å². The van der Waals surface area contributed by atoms with Crippen LogP contribution in [0.5, 0.6) is 0 Å². The molecule has 1 aliphatic rings. The van der Waals surface area contributed by atoms with Crippen LogP contribution in [0.1, 0.15) is 43.7 Å². The lowest BCUT2D eigenvalue weighted by Crippen LogP contribution is -2.50. The summed E-state index contributed by atoms with van der Waals surface area (Å²) >= 11 is 0. The van der Waals surface area contributed by atoms with E-state index < -0.39 is 26.5 Å². The number of sulfonamides is 1. The van der Waals surface area contributed by atoms with E-state index in [-0.39, 0.29) is 36.4 Å². The van der Waals surface area contributed by atoms with Crippen molar-refractivity contribution in [1.82, 2.24) is 14.1 Å². The molecule has 0 bridgehead atoms. The summed E-state index contributed by atoms with van der Waals surface area (Å²) in [6.07, 6.45) is 2.44. The van der Waals surface area contributed by atoms with Gasteiger partial charge in [0.2, 0.25) is 10.0 Å². The molecule has 1 heterocycles. The molecule has 12 heteroatoms. The first-order valence-electron chi connectivity index (χ1n) is 15.7. The molecule has 248 valence electrons. The molecular weight excluding hydrogens is 608 g/mol. The molecule has 46 heavy (non-hydrogen) atoms. The molecule has 0 spiro atoms. The van der Waals surface area contributed by atoms with Crippen LogP contribution in [0.15, 0.2) is 89.8 Å². The van der Waals surface area contributed by atoms with Crippen LogP contribution < -0.4 is 0 Å². The summed E-state index contributed by atoms with van der Waals surface area (Å²) in [6, 6.07) is 23.9. The predicted molar refractivity (Wildman–Crippen MR) is 176 cm³/mol. The molecule has 4 rings (SSSR count). The highest BCUT2D eigenvalue weighted by Crippen LogP contribution is 2.32. The van der Waals surface area contributed by atoms with Gasteiger partial charge in [-0.2, -0.15) is 4.31 Å². The molecule has 1 atom stereocenters. The summed E-state index contributed by atoms with van der Waals surface area (Å²) in [7, 11) is -2.20. The van der Waals surface area contributed by atoms with Crippen molar-refractivity contribution in [2.75, 3.05) is 46.4 Å². The molecule has 0 aromatic heterocycles. The molecule has 3 aromatic carbocycles. The molecule has 0 aliphatic carbocycles. The number of hydrogen-bond donors (Lipinski definition) is 1. The van der Waals surface area contributed by atoms with E-state index in [1.165, 1.54) is 16.4 Å². The lowest BCUT2D eigenvalue weighted by molar-refractivity contribution is -0.384. The van der Waals surface area contributed by atoms with Gasteiger partial charge in [0.1, 0.15) is 6.61 Å². The number of hydrogen-bond acceptors (Lipinski definition) is 8. The van der Waals surface area contributed by atoms with Gasteiger partial charge < -0.3 is 19.6 Å². The molecule has 1 saturated heterocycles. The number of non-ortho nitro benzene ring substituents is 1. The predicted octanol–water partition coefficient (Wildman–Crippen LogP) is 5.05. The third kappa shape index (κ3) is 8.69. The number of likely N-dealkylation sites (tertiary alicyclic amines) is 1. The lowest BCUT2D eigenvalue weighted by atomic mass is 9.77. The summed E-state index contributed by atoms with van der Waals surface area (Å²) < 4.78 is 33.7. The number of nitro groups is 1. The number of nitrogens with zero attached hydrogens (tertiary/aromatic N) is 4. The van der Waals surface area contributed by atoms with E-state index in [2.05, 4.69) is 4.90 Å². The van der Waals surface area contributed by atoms with Gasteiger partial charge in [-0.1, -0.05) is 55.5 Å². The average Bonchev–Trinajstić information content (AvgIpc) is 3.09.